The fourth-order valence-corrected chi connectivity index (χ4v) is 2.34. The first-order valence-electron chi connectivity index (χ1n) is 6.44. The van der Waals surface area contributed by atoms with Crippen molar-refractivity contribution in [3.63, 3.8) is 0 Å². The Morgan fingerprint density at radius 3 is 2.90 bits per heavy atom. The van der Waals surface area contributed by atoms with Crippen LogP contribution in [0.3, 0.4) is 0 Å². The molecule has 1 fully saturated rings. The van der Waals surface area contributed by atoms with Gasteiger partial charge in [-0.2, -0.15) is 0 Å². The minimum atomic E-state index is -0.0534. The highest BCUT2D eigenvalue weighted by Gasteiger charge is 2.26. The van der Waals surface area contributed by atoms with Crippen molar-refractivity contribution in [2.24, 2.45) is 5.73 Å². The number of rotatable bonds is 5. The second-order valence-electron chi connectivity index (χ2n) is 4.64. The van der Waals surface area contributed by atoms with Crippen molar-refractivity contribution in [1.29, 1.82) is 0 Å². The molecule has 0 spiro atoms. The van der Waals surface area contributed by atoms with E-state index in [1.165, 1.54) is 0 Å². The van der Waals surface area contributed by atoms with Crippen LogP contribution in [0.4, 0.5) is 0 Å². The third-order valence-electron chi connectivity index (χ3n) is 3.33. The predicted octanol–water partition coefficient (Wildman–Crippen LogP) is 0.947. The van der Waals surface area contributed by atoms with Crippen LogP contribution in [0.15, 0.2) is 24.3 Å². The summed E-state index contributed by atoms with van der Waals surface area (Å²) in [4.78, 5) is 14.0. The molecule has 0 aromatic heterocycles. The van der Waals surface area contributed by atoms with Gasteiger partial charge in [0, 0.05) is 20.2 Å². The molecule has 0 aliphatic carbocycles. The number of carbonyl (C=O) groups excluding carboxylic acids is 1. The average molecular weight is 294 g/mol. The molecule has 0 radical (unpaired) electrons. The van der Waals surface area contributed by atoms with Gasteiger partial charge in [-0.3, -0.25) is 4.79 Å². The van der Waals surface area contributed by atoms with Gasteiger partial charge in [0.25, 0.3) is 5.91 Å². The monoisotopic (exact) mass is 294 g/mol. The average Bonchev–Trinajstić information content (AvgIpc) is 2.94. The first kappa shape index (κ1) is 14.7. The topological polar surface area (TPSA) is 64.8 Å². The summed E-state index contributed by atoms with van der Waals surface area (Å²) in [6.07, 6.45) is 0.994. The molecule has 2 N–H and O–H groups in total. The number of para-hydroxylation sites is 1. The number of methoxy groups -OCH3 is 1. The van der Waals surface area contributed by atoms with Gasteiger partial charge in [0.15, 0.2) is 6.61 Å². The smallest absolute Gasteiger partial charge is 0.260 e. The molecule has 108 valence electrons. The summed E-state index contributed by atoms with van der Waals surface area (Å²) in [5.74, 6) is 0.484. The summed E-state index contributed by atoms with van der Waals surface area (Å²) >= 11 is 4.95. The molecular weight excluding hydrogens is 276 g/mol. The molecule has 1 aromatic rings. The summed E-state index contributed by atoms with van der Waals surface area (Å²) in [7, 11) is 1.66. The third kappa shape index (κ3) is 3.46. The first-order chi connectivity index (χ1) is 9.61. The van der Waals surface area contributed by atoms with Crippen LogP contribution in [-0.2, 0) is 9.53 Å². The molecule has 1 aromatic carbocycles. The van der Waals surface area contributed by atoms with E-state index in [-0.39, 0.29) is 23.6 Å². The van der Waals surface area contributed by atoms with E-state index in [0.29, 0.717) is 24.4 Å². The molecule has 1 unspecified atom stereocenters. The van der Waals surface area contributed by atoms with Gasteiger partial charge >= 0.3 is 0 Å². The van der Waals surface area contributed by atoms with Gasteiger partial charge in [0.05, 0.1) is 11.7 Å². The molecule has 1 amide bonds. The molecule has 1 aliphatic rings. The molecule has 5 nitrogen and oxygen atoms in total. The summed E-state index contributed by atoms with van der Waals surface area (Å²) < 4.78 is 10.8. The molecule has 2 rings (SSSR count). The minimum Gasteiger partial charge on any atom is -0.483 e. The Morgan fingerprint density at radius 2 is 2.25 bits per heavy atom. The fraction of sp³-hybridized carbons (Fsp3) is 0.429. The van der Waals surface area contributed by atoms with E-state index in [1.54, 1.807) is 24.1 Å². The number of nitrogens with zero attached hydrogens (tertiary/aromatic N) is 1. The molecule has 1 atom stereocenters. The maximum Gasteiger partial charge on any atom is 0.260 e. The maximum absolute atomic E-state index is 12.0. The van der Waals surface area contributed by atoms with Gasteiger partial charge in [0.1, 0.15) is 10.7 Å². The van der Waals surface area contributed by atoms with Gasteiger partial charge in [-0.15, -0.1) is 0 Å². The number of benzene rings is 1. The Kier molecular flexibility index (Phi) is 4.92. The molecular formula is C14H18N2O3S. The quantitative estimate of drug-likeness (QED) is 0.819. The van der Waals surface area contributed by atoms with Crippen LogP contribution in [0.25, 0.3) is 0 Å². The van der Waals surface area contributed by atoms with Gasteiger partial charge in [0.2, 0.25) is 0 Å². The van der Waals surface area contributed by atoms with Gasteiger partial charge in [-0.25, -0.2) is 0 Å². The van der Waals surface area contributed by atoms with E-state index in [2.05, 4.69) is 0 Å². The number of nitrogens with two attached hydrogens (primary N) is 1. The van der Waals surface area contributed by atoms with Crippen molar-refractivity contribution in [3.05, 3.63) is 29.8 Å². The molecule has 0 saturated carbocycles. The number of likely N-dealkylation sites (tertiary alicyclic amines) is 1. The molecule has 0 bridgehead atoms. The lowest BCUT2D eigenvalue weighted by Gasteiger charge is -2.17. The van der Waals surface area contributed by atoms with E-state index in [0.717, 1.165) is 6.42 Å². The standard InChI is InChI=1S/C14H18N2O3S/c1-18-10-6-7-16(8-10)13(17)9-19-12-5-3-2-4-11(12)14(15)20/h2-5,10H,6-9H2,1H3,(H2,15,20). The van der Waals surface area contributed by atoms with Crippen LogP contribution in [-0.4, -0.2) is 48.7 Å². The van der Waals surface area contributed by atoms with E-state index in [9.17, 15) is 4.79 Å². The number of hydrogen-bond donors (Lipinski definition) is 1. The van der Waals surface area contributed by atoms with E-state index >= 15 is 0 Å². The van der Waals surface area contributed by atoms with Crippen molar-refractivity contribution in [2.45, 2.75) is 12.5 Å². The third-order valence-corrected chi connectivity index (χ3v) is 3.55. The molecule has 20 heavy (non-hydrogen) atoms. The second kappa shape index (κ2) is 6.67. The zero-order chi connectivity index (χ0) is 14.5. The number of ether oxygens (including phenoxy) is 2. The van der Waals surface area contributed by atoms with Gasteiger partial charge < -0.3 is 20.1 Å². The van der Waals surface area contributed by atoms with Crippen LogP contribution < -0.4 is 10.5 Å². The molecule has 1 aliphatic heterocycles. The summed E-state index contributed by atoms with van der Waals surface area (Å²) in [5.41, 5.74) is 6.26. The summed E-state index contributed by atoms with van der Waals surface area (Å²) in [6.45, 7) is 1.31. The highest BCUT2D eigenvalue weighted by atomic mass is 32.1. The number of hydrogen-bond acceptors (Lipinski definition) is 4. The van der Waals surface area contributed by atoms with Crippen molar-refractivity contribution < 1.29 is 14.3 Å². The second-order valence-corrected chi connectivity index (χ2v) is 5.08. The van der Waals surface area contributed by atoms with Crippen LogP contribution in [0.5, 0.6) is 5.75 Å². The summed E-state index contributed by atoms with van der Waals surface area (Å²) in [5, 5.41) is 0. The Bertz CT molecular complexity index is 507. The molecule has 1 heterocycles. The zero-order valence-corrected chi connectivity index (χ0v) is 12.2. The first-order valence-corrected chi connectivity index (χ1v) is 6.85. The van der Waals surface area contributed by atoms with Crippen molar-refractivity contribution >= 4 is 23.1 Å². The Hall–Kier alpha value is -1.66. The SMILES string of the molecule is COC1CCN(C(=O)COc2ccccc2C(N)=S)C1. The van der Waals surface area contributed by atoms with Crippen molar-refractivity contribution in [1.82, 2.24) is 4.90 Å². The summed E-state index contributed by atoms with van der Waals surface area (Å²) in [6, 6.07) is 7.17. The van der Waals surface area contributed by atoms with Crippen molar-refractivity contribution in [2.75, 3.05) is 26.8 Å². The normalized spacial score (nSPS) is 18.1. The van der Waals surface area contributed by atoms with Crippen molar-refractivity contribution in [3.8, 4) is 5.75 Å². The minimum absolute atomic E-state index is 0.0178. The molecule has 6 heteroatoms. The number of thiocarbonyl (C=S) groups is 1. The van der Waals surface area contributed by atoms with Crippen LogP contribution in [0.2, 0.25) is 0 Å². The Morgan fingerprint density at radius 1 is 1.50 bits per heavy atom. The van der Waals surface area contributed by atoms with Gasteiger partial charge in [-0.05, 0) is 18.6 Å². The highest BCUT2D eigenvalue weighted by molar-refractivity contribution is 7.80. The fourth-order valence-electron chi connectivity index (χ4n) is 2.17. The molecule has 1 saturated heterocycles. The Labute approximate surface area is 123 Å². The zero-order valence-electron chi connectivity index (χ0n) is 11.4. The highest BCUT2D eigenvalue weighted by Crippen LogP contribution is 2.18. The predicted molar refractivity (Wildman–Crippen MR) is 79.8 cm³/mol. The van der Waals surface area contributed by atoms with Crippen LogP contribution >= 0.6 is 12.2 Å². The largest absolute Gasteiger partial charge is 0.483 e. The lowest BCUT2D eigenvalue weighted by Crippen LogP contribution is -2.34. The van der Waals surface area contributed by atoms with Gasteiger partial charge in [-0.1, -0.05) is 24.4 Å². The number of carbonyl (C=O) groups is 1. The lowest BCUT2D eigenvalue weighted by atomic mass is 10.2. The lowest BCUT2D eigenvalue weighted by molar-refractivity contribution is -0.132. The maximum atomic E-state index is 12.0. The van der Waals surface area contributed by atoms with E-state index in [1.807, 2.05) is 12.1 Å². The van der Waals surface area contributed by atoms with E-state index in [4.69, 9.17) is 27.4 Å². The van der Waals surface area contributed by atoms with E-state index < -0.39 is 0 Å². The van der Waals surface area contributed by atoms with Crippen LogP contribution in [0, 0.1) is 0 Å². The number of amides is 1. The Balaban J connectivity index is 1.92. The van der Waals surface area contributed by atoms with Crippen LogP contribution in [0.1, 0.15) is 12.0 Å².